The molecule has 2 aliphatic rings. The molecule has 0 spiro atoms. The lowest BCUT2D eigenvalue weighted by molar-refractivity contribution is 0.0593. The van der Waals surface area contributed by atoms with Crippen LogP contribution in [0.5, 0.6) is 0 Å². The first-order valence-corrected chi connectivity index (χ1v) is 4.21. The third kappa shape index (κ3) is 1.37. The zero-order valence-corrected chi connectivity index (χ0v) is 7.17. The Morgan fingerprint density at radius 2 is 1.83 bits per heavy atom. The molecule has 64 valence electrons. The second kappa shape index (κ2) is 3.05. The van der Waals surface area contributed by atoms with Crippen LogP contribution in [0.1, 0.15) is 13.3 Å². The quantitative estimate of drug-likeness (QED) is 0.546. The molecule has 2 heteroatoms. The zero-order chi connectivity index (χ0) is 8.39. The molecule has 0 atom stereocenters. The molecule has 1 aliphatic heterocycles. The Bertz CT molecular complexity index is 272. The van der Waals surface area contributed by atoms with E-state index in [1.165, 1.54) is 5.57 Å². The first-order valence-electron chi connectivity index (χ1n) is 4.21. The Morgan fingerprint density at radius 1 is 1.08 bits per heavy atom. The minimum absolute atomic E-state index is 0.663. The lowest BCUT2D eigenvalue weighted by atomic mass is 10.2. The molecular weight excluding hydrogens is 152 g/mol. The summed E-state index contributed by atoms with van der Waals surface area (Å²) in [6, 6.07) is 0. The summed E-state index contributed by atoms with van der Waals surface area (Å²) in [4.78, 5) is 0. The number of hydrogen-bond donors (Lipinski definition) is 0. The lowest BCUT2D eigenvalue weighted by Crippen LogP contribution is -2.13. The van der Waals surface area contributed by atoms with Gasteiger partial charge in [0.05, 0.1) is 0 Å². The largest absolute Gasteiger partial charge is 0.486 e. The first kappa shape index (κ1) is 7.47. The SMILES string of the molecule is CC1=CCC=C2OCCOC2=C1. The van der Waals surface area contributed by atoms with Crippen LogP contribution < -0.4 is 0 Å². The van der Waals surface area contributed by atoms with Gasteiger partial charge in [0.25, 0.3) is 0 Å². The summed E-state index contributed by atoms with van der Waals surface area (Å²) in [5, 5.41) is 0. The van der Waals surface area contributed by atoms with E-state index in [4.69, 9.17) is 9.47 Å². The van der Waals surface area contributed by atoms with Gasteiger partial charge in [-0.15, -0.1) is 0 Å². The van der Waals surface area contributed by atoms with Crippen LogP contribution in [0.2, 0.25) is 0 Å². The molecule has 2 rings (SSSR count). The van der Waals surface area contributed by atoms with Crippen molar-refractivity contribution in [2.24, 2.45) is 0 Å². The van der Waals surface area contributed by atoms with Crippen LogP contribution in [0.4, 0.5) is 0 Å². The lowest BCUT2D eigenvalue weighted by Gasteiger charge is -2.20. The van der Waals surface area contributed by atoms with E-state index in [9.17, 15) is 0 Å². The van der Waals surface area contributed by atoms with Crippen LogP contribution in [0.3, 0.4) is 0 Å². The molecule has 0 amide bonds. The summed E-state index contributed by atoms with van der Waals surface area (Å²) in [6.45, 7) is 3.40. The Balaban J connectivity index is 2.29. The number of hydrogen-bond acceptors (Lipinski definition) is 2. The highest BCUT2D eigenvalue weighted by Crippen LogP contribution is 2.23. The Morgan fingerprint density at radius 3 is 2.67 bits per heavy atom. The Hall–Kier alpha value is -1.18. The van der Waals surface area contributed by atoms with E-state index in [2.05, 4.69) is 19.1 Å². The predicted octanol–water partition coefficient (Wildman–Crippen LogP) is 2.15. The van der Waals surface area contributed by atoms with Gasteiger partial charge >= 0.3 is 0 Å². The molecule has 1 aliphatic carbocycles. The van der Waals surface area contributed by atoms with Gasteiger partial charge in [0, 0.05) is 0 Å². The van der Waals surface area contributed by atoms with Gasteiger partial charge < -0.3 is 9.47 Å². The van der Waals surface area contributed by atoms with Gasteiger partial charge in [0.1, 0.15) is 13.2 Å². The normalized spacial score (nSPS) is 21.9. The third-order valence-electron chi connectivity index (χ3n) is 1.94. The first-order chi connectivity index (χ1) is 5.86. The molecule has 0 bridgehead atoms. The fraction of sp³-hybridized carbons (Fsp3) is 0.400. The zero-order valence-electron chi connectivity index (χ0n) is 7.17. The maximum absolute atomic E-state index is 5.46. The van der Waals surface area contributed by atoms with Gasteiger partial charge in [0.2, 0.25) is 0 Å². The van der Waals surface area contributed by atoms with Gasteiger partial charge in [-0.2, -0.15) is 0 Å². The smallest absolute Gasteiger partial charge is 0.161 e. The standard InChI is InChI=1S/C10H12O2/c1-8-3-2-4-9-10(7-8)12-6-5-11-9/h3-4,7H,2,5-6H2,1H3. The fourth-order valence-corrected chi connectivity index (χ4v) is 1.34. The molecule has 0 aromatic rings. The van der Waals surface area contributed by atoms with E-state index in [0.717, 1.165) is 17.9 Å². The van der Waals surface area contributed by atoms with E-state index in [-0.39, 0.29) is 0 Å². The summed E-state index contributed by atoms with van der Waals surface area (Å²) >= 11 is 0. The van der Waals surface area contributed by atoms with Crippen molar-refractivity contribution in [2.45, 2.75) is 13.3 Å². The topological polar surface area (TPSA) is 18.5 Å². The van der Waals surface area contributed by atoms with Crippen molar-refractivity contribution in [3.63, 3.8) is 0 Å². The fourth-order valence-electron chi connectivity index (χ4n) is 1.34. The number of fused-ring (bicyclic) bond motifs is 1. The highest BCUT2D eigenvalue weighted by atomic mass is 16.6. The second-order valence-electron chi connectivity index (χ2n) is 2.96. The average Bonchev–Trinajstić information content (AvgIpc) is 2.25. The van der Waals surface area contributed by atoms with E-state index in [0.29, 0.717) is 13.2 Å². The van der Waals surface area contributed by atoms with Crippen molar-refractivity contribution >= 4 is 0 Å². The van der Waals surface area contributed by atoms with Crippen LogP contribution in [-0.2, 0) is 9.47 Å². The highest BCUT2D eigenvalue weighted by molar-refractivity contribution is 5.33. The molecule has 0 aromatic heterocycles. The van der Waals surface area contributed by atoms with Gasteiger partial charge in [0.15, 0.2) is 11.5 Å². The molecular formula is C10H12O2. The molecule has 0 unspecified atom stereocenters. The summed E-state index contributed by atoms with van der Waals surface area (Å²) in [7, 11) is 0. The maximum atomic E-state index is 5.46. The van der Waals surface area contributed by atoms with Crippen LogP contribution in [0.25, 0.3) is 0 Å². The Kier molecular flexibility index (Phi) is 1.90. The Labute approximate surface area is 72.2 Å². The van der Waals surface area contributed by atoms with Crippen molar-refractivity contribution in [3.8, 4) is 0 Å². The number of ether oxygens (including phenoxy) is 2. The molecule has 0 N–H and O–H groups in total. The third-order valence-corrected chi connectivity index (χ3v) is 1.94. The molecule has 0 saturated carbocycles. The molecule has 1 saturated heterocycles. The van der Waals surface area contributed by atoms with Crippen molar-refractivity contribution in [2.75, 3.05) is 13.2 Å². The van der Waals surface area contributed by atoms with Gasteiger partial charge in [-0.25, -0.2) is 0 Å². The molecule has 1 fully saturated rings. The van der Waals surface area contributed by atoms with E-state index >= 15 is 0 Å². The average molecular weight is 164 g/mol. The molecule has 12 heavy (non-hydrogen) atoms. The van der Waals surface area contributed by atoms with Crippen molar-refractivity contribution in [3.05, 3.63) is 35.3 Å². The van der Waals surface area contributed by atoms with Gasteiger partial charge in [-0.3, -0.25) is 0 Å². The molecule has 0 aromatic carbocycles. The minimum Gasteiger partial charge on any atom is -0.486 e. The van der Waals surface area contributed by atoms with Gasteiger partial charge in [-0.05, 0) is 25.5 Å². The number of allylic oxidation sites excluding steroid dienone is 4. The van der Waals surface area contributed by atoms with Crippen molar-refractivity contribution in [1.82, 2.24) is 0 Å². The highest BCUT2D eigenvalue weighted by Gasteiger charge is 2.14. The summed E-state index contributed by atoms with van der Waals surface area (Å²) in [6.07, 6.45) is 7.18. The van der Waals surface area contributed by atoms with Crippen LogP contribution >= 0.6 is 0 Å². The van der Waals surface area contributed by atoms with Crippen molar-refractivity contribution < 1.29 is 9.47 Å². The van der Waals surface area contributed by atoms with E-state index < -0.39 is 0 Å². The molecule has 1 heterocycles. The minimum atomic E-state index is 0.663. The van der Waals surface area contributed by atoms with Crippen LogP contribution in [0.15, 0.2) is 35.3 Å². The van der Waals surface area contributed by atoms with Crippen molar-refractivity contribution in [1.29, 1.82) is 0 Å². The van der Waals surface area contributed by atoms with E-state index in [1.807, 2.05) is 6.08 Å². The predicted molar refractivity (Wildman–Crippen MR) is 46.4 cm³/mol. The van der Waals surface area contributed by atoms with Crippen LogP contribution in [-0.4, -0.2) is 13.2 Å². The van der Waals surface area contributed by atoms with Crippen LogP contribution in [0, 0.1) is 0 Å². The molecule has 2 nitrogen and oxygen atoms in total. The second-order valence-corrected chi connectivity index (χ2v) is 2.96. The van der Waals surface area contributed by atoms with Gasteiger partial charge in [-0.1, -0.05) is 11.6 Å². The summed E-state index contributed by atoms with van der Waals surface area (Å²) in [5.41, 5.74) is 1.24. The monoisotopic (exact) mass is 164 g/mol. The summed E-state index contributed by atoms with van der Waals surface area (Å²) < 4.78 is 10.9. The summed E-state index contributed by atoms with van der Waals surface area (Å²) in [5.74, 6) is 1.78. The molecule has 0 radical (unpaired) electrons. The number of rotatable bonds is 0. The maximum Gasteiger partial charge on any atom is 0.161 e. The van der Waals surface area contributed by atoms with E-state index in [1.54, 1.807) is 0 Å².